The van der Waals surface area contributed by atoms with Crippen molar-refractivity contribution >= 4 is 11.6 Å². The number of nitriles is 1. The molecule has 1 aliphatic carbocycles. The Kier molecular flexibility index (Phi) is 5.43. The monoisotopic (exact) mass is 350 g/mol. The lowest BCUT2D eigenvalue weighted by molar-refractivity contribution is -0.118. The van der Waals surface area contributed by atoms with E-state index in [9.17, 15) is 10.1 Å². The highest BCUT2D eigenvalue weighted by Crippen LogP contribution is 2.40. The number of anilines is 1. The maximum Gasteiger partial charge on any atom is 0.262 e. The highest BCUT2D eigenvalue weighted by Gasteiger charge is 2.35. The summed E-state index contributed by atoms with van der Waals surface area (Å²) in [5.74, 6) is 1.11. The van der Waals surface area contributed by atoms with E-state index in [4.69, 9.17) is 9.47 Å². The van der Waals surface area contributed by atoms with Gasteiger partial charge in [0.15, 0.2) is 6.61 Å². The van der Waals surface area contributed by atoms with Crippen LogP contribution < -0.4 is 14.8 Å². The van der Waals surface area contributed by atoms with Crippen LogP contribution in [-0.4, -0.2) is 19.6 Å². The Hall–Kier alpha value is -3.00. The Morgan fingerprint density at radius 3 is 2.27 bits per heavy atom. The highest BCUT2D eigenvalue weighted by atomic mass is 16.5. The van der Waals surface area contributed by atoms with E-state index in [-0.39, 0.29) is 17.9 Å². The molecule has 1 saturated carbocycles. The minimum atomic E-state index is -0.361. The molecule has 5 nitrogen and oxygen atoms in total. The number of rotatable bonds is 6. The molecule has 0 atom stereocenters. The van der Waals surface area contributed by atoms with Crippen LogP contribution in [0.5, 0.6) is 11.5 Å². The number of hydrogen-bond acceptors (Lipinski definition) is 4. The van der Waals surface area contributed by atoms with Crippen LogP contribution in [0.25, 0.3) is 0 Å². The minimum Gasteiger partial charge on any atom is -0.497 e. The molecule has 3 rings (SSSR count). The van der Waals surface area contributed by atoms with Crippen molar-refractivity contribution in [1.29, 1.82) is 5.26 Å². The van der Waals surface area contributed by atoms with Crippen molar-refractivity contribution in [2.45, 2.75) is 31.1 Å². The zero-order valence-corrected chi connectivity index (χ0v) is 14.8. The number of nitrogens with zero attached hydrogens (tertiary/aromatic N) is 1. The molecule has 0 unspecified atom stereocenters. The van der Waals surface area contributed by atoms with E-state index in [1.54, 1.807) is 31.4 Å². The predicted molar refractivity (Wildman–Crippen MR) is 99.3 cm³/mol. The molecule has 0 aliphatic heterocycles. The number of amides is 1. The summed E-state index contributed by atoms with van der Waals surface area (Å²) in [5.41, 5.74) is 1.37. The first-order valence-corrected chi connectivity index (χ1v) is 8.74. The first-order chi connectivity index (χ1) is 12.6. The van der Waals surface area contributed by atoms with Crippen molar-refractivity contribution < 1.29 is 14.3 Å². The van der Waals surface area contributed by atoms with Gasteiger partial charge in [-0.15, -0.1) is 0 Å². The van der Waals surface area contributed by atoms with E-state index in [0.717, 1.165) is 37.0 Å². The van der Waals surface area contributed by atoms with Gasteiger partial charge in [-0.1, -0.05) is 25.0 Å². The standard InChI is InChI=1S/C21H22N2O3/c1-25-18-8-10-19(11-9-18)26-14-20(24)23-17-6-4-16(5-7-17)21(15-22)12-2-3-13-21/h4-11H,2-3,12-14H2,1H3,(H,23,24). The number of nitrogens with one attached hydrogen (secondary N) is 1. The van der Waals surface area contributed by atoms with Gasteiger partial charge in [-0.3, -0.25) is 4.79 Å². The molecule has 1 fully saturated rings. The lowest BCUT2D eigenvalue weighted by Crippen LogP contribution is -2.21. The molecule has 0 heterocycles. The molecular weight excluding hydrogens is 328 g/mol. The number of benzene rings is 2. The maximum absolute atomic E-state index is 12.1. The average molecular weight is 350 g/mol. The van der Waals surface area contributed by atoms with Gasteiger partial charge < -0.3 is 14.8 Å². The third kappa shape index (κ3) is 3.97. The summed E-state index contributed by atoms with van der Waals surface area (Å²) in [6.07, 6.45) is 4.00. The van der Waals surface area contributed by atoms with Crippen molar-refractivity contribution in [1.82, 2.24) is 0 Å². The number of carbonyl (C=O) groups excluding carboxylic acids is 1. The molecule has 134 valence electrons. The molecule has 1 amide bonds. The van der Waals surface area contributed by atoms with Gasteiger partial charge in [0.25, 0.3) is 5.91 Å². The first-order valence-electron chi connectivity index (χ1n) is 8.74. The SMILES string of the molecule is COc1ccc(OCC(=O)Nc2ccc(C3(C#N)CCCC3)cc2)cc1. The number of ether oxygens (including phenoxy) is 2. The third-order valence-corrected chi connectivity index (χ3v) is 4.82. The van der Waals surface area contributed by atoms with Crippen molar-refractivity contribution in [3.8, 4) is 17.6 Å². The quantitative estimate of drug-likeness (QED) is 0.853. The molecule has 1 aliphatic rings. The summed E-state index contributed by atoms with van der Waals surface area (Å²) in [7, 11) is 1.60. The summed E-state index contributed by atoms with van der Waals surface area (Å²) in [6, 6.07) is 17.1. The van der Waals surface area contributed by atoms with Crippen molar-refractivity contribution in [2.75, 3.05) is 19.0 Å². The van der Waals surface area contributed by atoms with Crippen LogP contribution in [0.15, 0.2) is 48.5 Å². The summed E-state index contributed by atoms with van der Waals surface area (Å²) < 4.78 is 10.5. The fourth-order valence-electron chi connectivity index (χ4n) is 3.33. The van der Waals surface area contributed by atoms with Crippen molar-refractivity contribution in [3.63, 3.8) is 0 Å². The molecule has 0 spiro atoms. The van der Waals surface area contributed by atoms with Gasteiger partial charge in [0.05, 0.1) is 18.6 Å². The van der Waals surface area contributed by atoms with Gasteiger partial charge in [0.2, 0.25) is 0 Å². The van der Waals surface area contributed by atoms with Crippen LogP contribution in [0, 0.1) is 11.3 Å². The largest absolute Gasteiger partial charge is 0.497 e. The van der Waals surface area contributed by atoms with Crippen molar-refractivity contribution in [3.05, 3.63) is 54.1 Å². The summed E-state index contributed by atoms with van der Waals surface area (Å²) >= 11 is 0. The number of carbonyl (C=O) groups is 1. The Bertz CT molecular complexity index is 786. The van der Waals surface area contributed by atoms with Gasteiger partial charge in [0, 0.05) is 5.69 Å². The zero-order chi connectivity index (χ0) is 18.4. The minimum absolute atomic E-state index is 0.0732. The highest BCUT2D eigenvalue weighted by molar-refractivity contribution is 5.91. The molecule has 0 aromatic heterocycles. The van der Waals surface area contributed by atoms with Gasteiger partial charge in [-0.2, -0.15) is 5.26 Å². The summed E-state index contributed by atoms with van der Waals surface area (Å²) in [5, 5.41) is 12.4. The molecule has 0 bridgehead atoms. The maximum atomic E-state index is 12.1. The van der Waals surface area contributed by atoms with Gasteiger partial charge in [-0.05, 0) is 54.8 Å². The summed E-state index contributed by atoms with van der Waals surface area (Å²) in [4.78, 5) is 12.1. The van der Waals surface area contributed by atoms with E-state index < -0.39 is 0 Å². The molecule has 26 heavy (non-hydrogen) atoms. The van der Waals surface area contributed by atoms with E-state index in [1.165, 1.54) is 0 Å². The van der Waals surface area contributed by atoms with Gasteiger partial charge in [-0.25, -0.2) is 0 Å². The molecule has 0 saturated heterocycles. The lowest BCUT2D eigenvalue weighted by Gasteiger charge is -2.21. The fraction of sp³-hybridized carbons (Fsp3) is 0.333. The zero-order valence-electron chi connectivity index (χ0n) is 14.8. The van der Waals surface area contributed by atoms with Crippen LogP contribution in [0.2, 0.25) is 0 Å². The van der Waals surface area contributed by atoms with Crippen LogP contribution in [0.4, 0.5) is 5.69 Å². The molecular formula is C21H22N2O3. The fourth-order valence-corrected chi connectivity index (χ4v) is 3.33. The van der Waals surface area contributed by atoms with E-state index in [2.05, 4.69) is 11.4 Å². The Labute approximate surface area is 153 Å². The van der Waals surface area contributed by atoms with E-state index in [0.29, 0.717) is 11.4 Å². The second kappa shape index (κ2) is 7.92. The smallest absolute Gasteiger partial charge is 0.262 e. The van der Waals surface area contributed by atoms with Crippen LogP contribution in [-0.2, 0) is 10.2 Å². The van der Waals surface area contributed by atoms with Gasteiger partial charge >= 0.3 is 0 Å². The van der Waals surface area contributed by atoms with E-state index in [1.807, 2.05) is 24.3 Å². The predicted octanol–water partition coefficient (Wildman–Crippen LogP) is 4.05. The Morgan fingerprint density at radius 2 is 1.69 bits per heavy atom. The normalized spacial score (nSPS) is 15.1. The summed E-state index contributed by atoms with van der Waals surface area (Å²) in [6.45, 7) is -0.0732. The second-order valence-electron chi connectivity index (χ2n) is 6.49. The second-order valence-corrected chi connectivity index (χ2v) is 6.49. The number of hydrogen-bond donors (Lipinski definition) is 1. The van der Waals surface area contributed by atoms with Crippen LogP contribution >= 0.6 is 0 Å². The Morgan fingerprint density at radius 1 is 1.08 bits per heavy atom. The molecule has 0 radical (unpaired) electrons. The lowest BCUT2D eigenvalue weighted by atomic mass is 9.80. The molecule has 1 N–H and O–H groups in total. The van der Waals surface area contributed by atoms with Crippen LogP contribution in [0.1, 0.15) is 31.2 Å². The molecule has 2 aromatic rings. The number of methoxy groups -OCH3 is 1. The van der Waals surface area contributed by atoms with Gasteiger partial charge in [0.1, 0.15) is 11.5 Å². The molecule has 5 heteroatoms. The topological polar surface area (TPSA) is 71.3 Å². The van der Waals surface area contributed by atoms with E-state index >= 15 is 0 Å². The molecule has 2 aromatic carbocycles. The Balaban J connectivity index is 1.55. The average Bonchev–Trinajstić information content (AvgIpc) is 3.18. The van der Waals surface area contributed by atoms with Crippen LogP contribution in [0.3, 0.4) is 0 Å². The first kappa shape index (κ1) is 17.8. The third-order valence-electron chi connectivity index (χ3n) is 4.82. The van der Waals surface area contributed by atoms with Crippen molar-refractivity contribution in [2.24, 2.45) is 0 Å².